The average Bonchev–Trinajstić information content (AvgIpc) is 2.19. The topological polar surface area (TPSA) is 82.1 Å². The molecule has 0 spiro atoms. The van der Waals surface area contributed by atoms with Gasteiger partial charge in [-0.25, -0.2) is 4.79 Å². The van der Waals surface area contributed by atoms with Gasteiger partial charge in [-0.15, -0.1) is 0 Å². The van der Waals surface area contributed by atoms with Gasteiger partial charge >= 0.3 is 13.6 Å². The molecule has 0 aromatic carbocycles. The molecule has 0 heterocycles. The second-order valence-electron chi connectivity index (χ2n) is 2.11. The molecule has 1 N–H and O–H groups in total. The largest absolute Gasteiger partial charge is 0.342 e. The summed E-state index contributed by atoms with van der Waals surface area (Å²) in [6, 6.07) is 0. The van der Waals surface area contributed by atoms with Crippen LogP contribution in [0.15, 0.2) is 0 Å². The summed E-state index contributed by atoms with van der Waals surface area (Å²) in [4.78, 5) is 26.6. The van der Waals surface area contributed by atoms with E-state index in [2.05, 4.69) is 14.3 Å². The molecule has 14 heavy (non-hydrogen) atoms. The summed E-state index contributed by atoms with van der Waals surface area (Å²) in [5.41, 5.74) is 0. The molecule has 0 aromatic rings. The molecule has 0 aliphatic heterocycles. The van der Waals surface area contributed by atoms with Gasteiger partial charge in [0.2, 0.25) is 0 Å². The smallest absolute Gasteiger partial charge is 0.324 e. The Morgan fingerprint density at radius 3 is 1.93 bits per heavy atom. The minimum absolute atomic E-state index is 0.184. The van der Waals surface area contributed by atoms with E-state index in [-0.39, 0.29) is 12.1 Å². The normalized spacial score (nSPS) is 13.5. The first-order valence-corrected chi connectivity index (χ1v) is 5.80. The van der Waals surface area contributed by atoms with Crippen molar-refractivity contribution in [3.63, 3.8) is 0 Å². The summed E-state index contributed by atoms with van der Waals surface area (Å²) in [7, 11) is -0.629. The van der Waals surface area contributed by atoms with Crippen LogP contribution in [0.25, 0.3) is 0 Å². The van der Waals surface area contributed by atoms with Gasteiger partial charge in [0.05, 0.1) is 7.11 Å². The van der Waals surface area contributed by atoms with Gasteiger partial charge in [-0.2, -0.15) is 4.89 Å². The quantitative estimate of drug-likeness (QED) is 0.444. The maximum absolute atomic E-state index is 10.3. The number of rotatable bonds is 4. The lowest BCUT2D eigenvalue weighted by Crippen LogP contribution is -1.99. The fourth-order valence-electron chi connectivity index (χ4n) is 0.281. The zero-order chi connectivity index (χ0) is 11.6. The Balaban J connectivity index is 0. The summed E-state index contributed by atoms with van der Waals surface area (Å²) < 4.78 is 14.5. The zero-order valence-corrected chi connectivity index (χ0v) is 9.74. The van der Waals surface area contributed by atoms with Gasteiger partial charge in [-0.05, 0) is 0 Å². The van der Waals surface area contributed by atoms with Gasteiger partial charge in [0.15, 0.2) is 0 Å². The molecule has 0 saturated carbocycles. The van der Waals surface area contributed by atoms with Gasteiger partial charge in [-0.3, -0.25) is 9.45 Å². The molecule has 0 aromatic heterocycles. The van der Waals surface area contributed by atoms with Crippen LogP contribution in [-0.2, 0) is 23.7 Å². The molecular formula is C7H17O6P. The predicted molar refractivity (Wildman–Crippen MR) is 50.8 cm³/mol. The van der Waals surface area contributed by atoms with Crippen LogP contribution < -0.4 is 0 Å². The summed E-state index contributed by atoms with van der Waals surface area (Å²) >= 11 is 0. The standard InChI is InChI=1S/C4H8O3.C3H9O3P/c1-3-4(5)7-6-2;1-3-7(4,5)6-2/h3H2,1-2H3;3H2,1-2H3,(H,4,5). The van der Waals surface area contributed by atoms with E-state index >= 15 is 0 Å². The third-order valence-electron chi connectivity index (χ3n) is 1.15. The van der Waals surface area contributed by atoms with Crippen LogP contribution >= 0.6 is 7.60 Å². The highest BCUT2D eigenvalue weighted by molar-refractivity contribution is 7.52. The van der Waals surface area contributed by atoms with Crippen molar-refractivity contribution in [3.05, 3.63) is 0 Å². The lowest BCUT2D eigenvalue weighted by Gasteiger charge is -2.01. The molecule has 1 unspecified atom stereocenters. The number of hydrogen-bond donors (Lipinski definition) is 1. The molecule has 0 amide bonds. The van der Waals surface area contributed by atoms with Crippen molar-refractivity contribution in [1.29, 1.82) is 0 Å². The Morgan fingerprint density at radius 2 is 1.86 bits per heavy atom. The number of carbonyl (C=O) groups excluding carboxylic acids is 1. The molecule has 0 rings (SSSR count). The minimum Gasteiger partial charge on any atom is -0.324 e. The first-order chi connectivity index (χ1) is 6.43. The van der Waals surface area contributed by atoms with E-state index in [0.717, 1.165) is 0 Å². The number of carbonyl (C=O) groups is 1. The van der Waals surface area contributed by atoms with Gasteiger partial charge in [0.25, 0.3) is 0 Å². The molecule has 0 aliphatic carbocycles. The summed E-state index contributed by atoms with van der Waals surface area (Å²) in [6.45, 7) is 3.30. The third-order valence-corrected chi connectivity index (χ3v) is 2.52. The van der Waals surface area contributed by atoms with Crippen LogP contribution in [0.3, 0.4) is 0 Å². The second kappa shape index (κ2) is 9.15. The van der Waals surface area contributed by atoms with Gasteiger partial charge in [0.1, 0.15) is 0 Å². The second-order valence-corrected chi connectivity index (χ2v) is 4.38. The maximum Gasteiger partial charge on any atom is 0.342 e. The molecule has 0 radical (unpaired) electrons. The molecule has 7 heteroatoms. The van der Waals surface area contributed by atoms with Crippen LogP contribution in [0.4, 0.5) is 0 Å². The summed E-state index contributed by atoms with van der Waals surface area (Å²) in [5.74, 6) is -0.345. The Morgan fingerprint density at radius 1 is 1.36 bits per heavy atom. The third kappa shape index (κ3) is 11.6. The Labute approximate surface area is 83.6 Å². The van der Waals surface area contributed by atoms with E-state index in [4.69, 9.17) is 4.89 Å². The fourth-order valence-corrected chi connectivity index (χ4v) is 0.539. The summed E-state index contributed by atoms with van der Waals surface area (Å²) in [6.07, 6.45) is 0.539. The van der Waals surface area contributed by atoms with Crippen molar-refractivity contribution in [2.45, 2.75) is 20.3 Å². The first-order valence-electron chi connectivity index (χ1n) is 4.04. The Kier molecular flexibility index (Phi) is 10.5. The zero-order valence-electron chi connectivity index (χ0n) is 8.85. The van der Waals surface area contributed by atoms with Crippen molar-refractivity contribution in [3.8, 4) is 0 Å². The molecule has 86 valence electrons. The van der Waals surface area contributed by atoms with E-state index in [1.165, 1.54) is 14.2 Å². The van der Waals surface area contributed by atoms with E-state index in [1.807, 2.05) is 0 Å². The molecular weight excluding hydrogens is 211 g/mol. The number of hydrogen-bond acceptors (Lipinski definition) is 5. The van der Waals surface area contributed by atoms with Gasteiger partial charge in [-0.1, -0.05) is 13.8 Å². The molecule has 0 saturated heterocycles. The molecule has 0 aliphatic rings. The maximum atomic E-state index is 10.3. The lowest BCUT2D eigenvalue weighted by molar-refractivity contribution is -0.254. The monoisotopic (exact) mass is 228 g/mol. The fraction of sp³-hybridized carbons (Fsp3) is 0.857. The highest BCUT2D eigenvalue weighted by Crippen LogP contribution is 2.39. The SMILES string of the molecule is CCC(=O)OOC.CCP(=O)(O)OC. The van der Waals surface area contributed by atoms with Crippen molar-refractivity contribution in [2.24, 2.45) is 0 Å². The Hall–Kier alpha value is -0.420. The lowest BCUT2D eigenvalue weighted by atomic mass is 10.5. The van der Waals surface area contributed by atoms with Crippen LogP contribution in [-0.4, -0.2) is 31.2 Å². The Bertz CT molecular complexity index is 185. The minimum atomic E-state index is -3.15. The highest BCUT2D eigenvalue weighted by Gasteiger charge is 2.10. The van der Waals surface area contributed by atoms with Crippen molar-refractivity contribution in [2.75, 3.05) is 20.4 Å². The molecule has 6 nitrogen and oxygen atoms in total. The molecule has 0 fully saturated rings. The highest BCUT2D eigenvalue weighted by atomic mass is 31.2. The first kappa shape index (κ1) is 16.0. The van der Waals surface area contributed by atoms with Crippen LogP contribution in [0, 0.1) is 0 Å². The summed E-state index contributed by atoms with van der Waals surface area (Å²) in [5, 5.41) is 0. The van der Waals surface area contributed by atoms with E-state index < -0.39 is 7.60 Å². The molecule has 0 bridgehead atoms. The van der Waals surface area contributed by atoms with E-state index in [0.29, 0.717) is 6.42 Å². The van der Waals surface area contributed by atoms with E-state index in [9.17, 15) is 9.36 Å². The van der Waals surface area contributed by atoms with Crippen molar-refractivity contribution < 1.29 is 28.6 Å². The van der Waals surface area contributed by atoms with E-state index in [1.54, 1.807) is 13.8 Å². The molecule has 1 atom stereocenters. The van der Waals surface area contributed by atoms with Crippen LogP contribution in [0.5, 0.6) is 0 Å². The van der Waals surface area contributed by atoms with Gasteiger partial charge in [0, 0.05) is 19.7 Å². The van der Waals surface area contributed by atoms with Crippen LogP contribution in [0.2, 0.25) is 0 Å². The van der Waals surface area contributed by atoms with Crippen molar-refractivity contribution >= 4 is 13.6 Å². The van der Waals surface area contributed by atoms with Gasteiger partial charge < -0.3 is 9.42 Å². The van der Waals surface area contributed by atoms with Crippen LogP contribution in [0.1, 0.15) is 20.3 Å². The predicted octanol–water partition coefficient (Wildman–Crippen LogP) is 1.34. The average molecular weight is 228 g/mol. The van der Waals surface area contributed by atoms with Crippen molar-refractivity contribution in [1.82, 2.24) is 0 Å².